The van der Waals surface area contributed by atoms with Crippen LogP contribution in [0.25, 0.3) is 0 Å². The van der Waals surface area contributed by atoms with Crippen molar-refractivity contribution in [3.05, 3.63) is 82.6 Å². The molecule has 0 radical (unpaired) electrons. The number of benzene rings is 3. The molecule has 9 nitrogen and oxygen atoms in total. The number of Topliss-reactive ketones (excluding diaryl/α,β-unsaturated/α-hetero) is 1. The number of ether oxygens (including phenoxy) is 5. The maximum atomic E-state index is 13.9. The van der Waals surface area contributed by atoms with Crippen LogP contribution in [0.4, 0.5) is 5.69 Å². The van der Waals surface area contributed by atoms with Gasteiger partial charge < -0.3 is 34.1 Å². The predicted octanol–water partition coefficient (Wildman–Crippen LogP) is 5.14. The molecule has 0 fully saturated rings. The van der Waals surface area contributed by atoms with Crippen molar-refractivity contribution in [2.24, 2.45) is 0 Å². The number of ketones is 1. The molecule has 0 unspecified atom stereocenters. The first-order valence-corrected chi connectivity index (χ1v) is 12.8. The number of fused-ring (bicyclic) bond motifs is 1. The molecule has 1 aliphatic heterocycles. The molecule has 40 heavy (non-hydrogen) atoms. The molecule has 0 saturated heterocycles. The fourth-order valence-electron chi connectivity index (χ4n) is 5.56. The van der Waals surface area contributed by atoms with Crippen molar-refractivity contribution in [2.75, 3.05) is 40.4 Å². The topological polar surface area (TPSA) is 113 Å². The van der Waals surface area contributed by atoms with E-state index < -0.39 is 18.5 Å². The molecule has 9 heteroatoms. The molecule has 5 rings (SSSR count). The van der Waals surface area contributed by atoms with Crippen molar-refractivity contribution >= 4 is 17.4 Å². The zero-order valence-electron chi connectivity index (χ0n) is 22.8. The molecule has 2 aliphatic rings. The van der Waals surface area contributed by atoms with Crippen LogP contribution < -0.4 is 29.0 Å². The van der Waals surface area contributed by atoms with Gasteiger partial charge in [0.05, 0.1) is 28.4 Å². The molecule has 0 amide bonds. The van der Waals surface area contributed by atoms with E-state index in [2.05, 4.69) is 5.32 Å². The van der Waals surface area contributed by atoms with Crippen molar-refractivity contribution in [1.29, 1.82) is 0 Å². The number of carboxylic acid groups (broad SMARTS) is 1. The van der Waals surface area contributed by atoms with Gasteiger partial charge in [-0.1, -0.05) is 18.2 Å². The number of carbonyl (C=O) groups excluding carboxylic acids is 1. The zero-order chi connectivity index (χ0) is 28.4. The minimum absolute atomic E-state index is 0.0354. The lowest BCUT2D eigenvalue weighted by Gasteiger charge is -2.37. The fourth-order valence-corrected chi connectivity index (χ4v) is 5.56. The number of hydrogen-bond acceptors (Lipinski definition) is 8. The Balaban J connectivity index is 1.59. The van der Waals surface area contributed by atoms with E-state index in [-0.39, 0.29) is 11.7 Å². The van der Waals surface area contributed by atoms with E-state index in [1.807, 2.05) is 42.5 Å². The smallest absolute Gasteiger partial charge is 0.341 e. The Morgan fingerprint density at radius 2 is 1.52 bits per heavy atom. The van der Waals surface area contributed by atoms with Gasteiger partial charge in [-0.15, -0.1) is 0 Å². The summed E-state index contributed by atoms with van der Waals surface area (Å²) < 4.78 is 27.5. The van der Waals surface area contributed by atoms with Gasteiger partial charge in [-0.2, -0.15) is 0 Å². The quantitative estimate of drug-likeness (QED) is 0.377. The Morgan fingerprint density at radius 1 is 0.825 bits per heavy atom. The van der Waals surface area contributed by atoms with E-state index in [1.54, 1.807) is 40.6 Å². The Labute approximate surface area is 232 Å². The normalized spacial score (nSPS) is 17.8. The minimum Gasteiger partial charge on any atom is -0.497 e. The van der Waals surface area contributed by atoms with Gasteiger partial charge in [0.2, 0.25) is 0 Å². The predicted molar refractivity (Wildman–Crippen MR) is 148 cm³/mol. The number of anilines is 1. The molecule has 2 N–H and O–H groups in total. The monoisotopic (exact) mass is 545 g/mol. The van der Waals surface area contributed by atoms with Crippen LogP contribution in [0.2, 0.25) is 0 Å². The number of aliphatic carboxylic acids is 1. The summed E-state index contributed by atoms with van der Waals surface area (Å²) in [6, 6.07) is 16.6. The van der Waals surface area contributed by atoms with Crippen LogP contribution in [-0.4, -0.2) is 51.9 Å². The minimum atomic E-state index is -1.05. The number of carboxylic acids is 1. The van der Waals surface area contributed by atoms with Gasteiger partial charge in [0.25, 0.3) is 0 Å². The van der Waals surface area contributed by atoms with E-state index in [9.17, 15) is 9.59 Å². The maximum absolute atomic E-state index is 13.9. The molecular formula is C31H31NO8. The second-order valence-corrected chi connectivity index (χ2v) is 9.64. The van der Waals surface area contributed by atoms with Crippen LogP contribution in [0.3, 0.4) is 0 Å². The van der Waals surface area contributed by atoms with E-state index >= 15 is 0 Å². The number of hydrogen-bond donors (Lipinski definition) is 2. The Kier molecular flexibility index (Phi) is 7.55. The number of methoxy groups -OCH3 is 4. The third-order valence-corrected chi connectivity index (χ3v) is 7.40. The lowest BCUT2D eigenvalue weighted by molar-refractivity contribution is -0.139. The van der Waals surface area contributed by atoms with Gasteiger partial charge in [0, 0.05) is 47.0 Å². The van der Waals surface area contributed by atoms with Crippen LogP contribution in [0, 0.1) is 0 Å². The van der Waals surface area contributed by atoms with Crippen molar-refractivity contribution in [1.82, 2.24) is 0 Å². The summed E-state index contributed by atoms with van der Waals surface area (Å²) in [4.78, 5) is 24.9. The van der Waals surface area contributed by atoms with Gasteiger partial charge >= 0.3 is 5.97 Å². The molecule has 3 aromatic rings. The zero-order valence-corrected chi connectivity index (χ0v) is 22.8. The van der Waals surface area contributed by atoms with Crippen LogP contribution in [-0.2, 0) is 9.59 Å². The average molecular weight is 546 g/mol. The first-order chi connectivity index (χ1) is 19.4. The first-order valence-electron chi connectivity index (χ1n) is 12.8. The van der Waals surface area contributed by atoms with Crippen molar-refractivity contribution < 1.29 is 38.4 Å². The third-order valence-electron chi connectivity index (χ3n) is 7.40. The number of rotatable bonds is 9. The van der Waals surface area contributed by atoms with Gasteiger partial charge in [0.15, 0.2) is 23.9 Å². The highest BCUT2D eigenvalue weighted by molar-refractivity contribution is 6.02. The van der Waals surface area contributed by atoms with E-state index in [4.69, 9.17) is 28.8 Å². The summed E-state index contributed by atoms with van der Waals surface area (Å²) in [5, 5.41) is 12.5. The summed E-state index contributed by atoms with van der Waals surface area (Å²) in [6.45, 7) is -0.436. The molecular weight excluding hydrogens is 514 g/mol. The summed E-state index contributed by atoms with van der Waals surface area (Å²) in [6.07, 6.45) is 0.950. The highest BCUT2D eigenvalue weighted by atomic mass is 16.5. The molecule has 0 aromatic heterocycles. The standard InChI is InChI=1S/C31H31NO8/c1-36-21-14-23-31(27(15-21)39-4)29(17-5-8-20(9-6-17)40-16-28(34)35)30-22(32-23)11-19(12-24(30)33)18-7-10-25(37-2)26(13-18)38-3/h5-10,13-15,19,29,32H,11-12,16H2,1-4H3,(H,34,35)/t19-,29+/m1/s1. The van der Waals surface area contributed by atoms with Gasteiger partial charge in [-0.25, -0.2) is 4.79 Å². The van der Waals surface area contributed by atoms with Crippen molar-refractivity contribution in [2.45, 2.75) is 24.7 Å². The molecule has 0 spiro atoms. The fraction of sp³-hybridized carbons (Fsp3) is 0.290. The van der Waals surface area contributed by atoms with Gasteiger partial charge in [0.1, 0.15) is 17.2 Å². The van der Waals surface area contributed by atoms with E-state index in [0.29, 0.717) is 47.2 Å². The van der Waals surface area contributed by atoms with Crippen LogP contribution >= 0.6 is 0 Å². The van der Waals surface area contributed by atoms with Gasteiger partial charge in [-0.3, -0.25) is 4.79 Å². The summed E-state index contributed by atoms with van der Waals surface area (Å²) >= 11 is 0. The second kappa shape index (κ2) is 11.2. The molecule has 1 heterocycles. The van der Waals surface area contributed by atoms with Crippen LogP contribution in [0.5, 0.6) is 28.7 Å². The van der Waals surface area contributed by atoms with E-state index in [1.165, 1.54) is 0 Å². The molecule has 0 bridgehead atoms. The number of carbonyl (C=O) groups is 2. The van der Waals surface area contributed by atoms with Crippen LogP contribution in [0.15, 0.2) is 65.9 Å². The maximum Gasteiger partial charge on any atom is 0.341 e. The molecule has 3 aromatic carbocycles. The SMILES string of the molecule is COc1cc2c(c(OC)c1)[C@@H](c1ccc(OCC(=O)O)cc1)C1=C(C[C@@H](c3ccc(OC)c(OC)c3)CC1=O)N2. The Morgan fingerprint density at radius 3 is 2.17 bits per heavy atom. The molecule has 0 saturated carbocycles. The summed E-state index contributed by atoms with van der Waals surface area (Å²) in [5.41, 5.74) is 5.01. The lowest BCUT2D eigenvalue weighted by Crippen LogP contribution is -2.30. The van der Waals surface area contributed by atoms with E-state index in [0.717, 1.165) is 28.1 Å². The lowest BCUT2D eigenvalue weighted by atomic mass is 9.71. The molecule has 1 aliphatic carbocycles. The van der Waals surface area contributed by atoms with Crippen LogP contribution in [0.1, 0.15) is 41.4 Å². The highest BCUT2D eigenvalue weighted by Crippen LogP contribution is 2.52. The molecule has 208 valence electrons. The van der Waals surface area contributed by atoms with Crippen molar-refractivity contribution in [3.63, 3.8) is 0 Å². The first kappa shape index (κ1) is 26.9. The largest absolute Gasteiger partial charge is 0.497 e. The second-order valence-electron chi connectivity index (χ2n) is 9.64. The Hall–Kier alpha value is -4.66. The third kappa shape index (κ3) is 5.02. The van der Waals surface area contributed by atoms with Gasteiger partial charge in [-0.05, 0) is 47.7 Å². The number of allylic oxidation sites excluding steroid dienone is 2. The van der Waals surface area contributed by atoms with Crippen molar-refractivity contribution in [3.8, 4) is 28.7 Å². The summed E-state index contributed by atoms with van der Waals surface area (Å²) in [7, 11) is 6.38. The molecule has 2 atom stereocenters. The average Bonchev–Trinajstić information content (AvgIpc) is 2.98. The summed E-state index contributed by atoms with van der Waals surface area (Å²) in [5.74, 6) is 1.43. The Bertz CT molecular complexity index is 1480. The number of nitrogens with one attached hydrogen (secondary N) is 1. The highest BCUT2D eigenvalue weighted by Gasteiger charge is 2.40.